The van der Waals surface area contributed by atoms with Crippen molar-refractivity contribution in [3.8, 4) is 11.8 Å². The highest BCUT2D eigenvalue weighted by Gasteiger charge is 2.01. The highest BCUT2D eigenvalue weighted by Crippen LogP contribution is 2.03. The van der Waals surface area contributed by atoms with Crippen molar-refractivity contribution < 1.29 is 19.4 Å². The zero-order valence-corrected chi connectivity index (χ0v) is 10.2. The van der Waals surface area contributed by atoms with E-state index in [0.717, 1.165) is 0 Å². The standard InChI is InChI=1S/C14H13NO4/c1-2-9-19-14(18)15-8-4-6-11-5-3-7-12(10-11)13(16)17/h2-3,5,7,10H,1,8-9H2,(H,15,18)(H,16,17). The Morgan fingerprint density at radius 3 is 2.95 bits per heavy atom. The minimum atomic E-state index is -1.00. The number of carbonyl (C=O) groups excluding carboxylic acids is 1. The number of carboxylic acid groups (broad SMARTS) is 1. The summed E-state index contributed by atoms with van der Waals surface area (Å²) in [5.41, 5.74) is 0.742. The first-order chi connectivity index (χ1) is 9.13. The van der Waals surface area contributed by atoms with E-state index in [1.165, 1.54) is 18.2 Å². The van der Waals surface area contributed by atoms with Crippen molar-refractivity contribution >= 4 is 12.1 Å². The minimum Gasteiger partial charge on any atom is -0.478 e. The maximum Gasteiger partial charge on any atom is 0.408 e. The quantitative estimate of drug-likeness (QED) is 0.636. The van der Waals surface area contributed by atoms with Crippen molar-refractivity contribution in [2.24, 2.45) is 0 Å². The molecular weight excluding hydrogens is 246 g/mol. The number of aromatic carboxylic acids is 1. The Hall–Kier alpha value is -2.74. The number of amides is 1. The van der Waals surface area contributed by atoms with Crippen molar-refractivity contribution in [2.45, 2.75) is 0 Å². The maximum absolute atomic E-state index is 11.0. The van der Waals surface area contributed by atoms with E-state index < -0.39 is 12.1 Å². The SMILES string of the molecule is C=CCOC(=O)NCC#Cc1cccc(C(=O)O)c1. The number of alkyl carbamates (subject to hydrolysis) is 1. The molecule has 5 nitrogen and oxygen atoms in total. The number of benzene rings is 1. The van der Waals surface area contributed by atoms with Gasteiger partial charge in [-0.25, -0.2) is 9.59 Å². The molecule has 98 valence electrons. The molecular formula is C14H13NO4. The molecule has 0 aromatic heterocycles. The Labute approximate surface area is 110 Å². The summed E-state index contributed by atoms with van der Waals surface area (Å²) >= 11 is 0. The van der Waals surface area contributed by atoms with Crippen LogP contribution in [0, 0.1) is 11.8 Å². The van der Waals surface area contributed by atoms with E-state index in [-0.39, 0.29) is 18.7 Å². The molecule has 0 radical (unpaired) electrons. The van der Waals surface area contributed by atoms with Crippen molar-refractivity contribution in [1.82, 2.24) is 5.32 Å². The Morgan fingerprint density at radius 2 is 2.26 bits per heavy atom. The second-order valence-electron chi connectivity index (χ2n) is 3.43. The van der Waals surface area contributed by atoms with Crippen LogP contribution in [0.1, 0.15) is 15.9 Å². The average Bonchev–Trinajstić information content (AvgIpc) is 2.41. The van der Waals surface area contributed by atoms with Crippen LogP contribution in [0.2, 0.25) is 0 Å². The summed E-state index contributed by atoms with van der Waals surface area (Å²) in [7, 11) is 0. The van der Waals surface area contributed by atoms with Crippen molar-refractivity contribution in [3.63, 3.8) is 0 Å². The van der Waals surface area contributed by atoms with Gasteiger partial charge < -0.3 is 15.2 Å². The third-order valence-electron chi connectivity index (χ3n) is 2.00. The molecule has 0 spiro atoms. The lowest BCUT2D eigenvalue weighted by Crippen LogP contribution is -2.24. The van der Waals surface area contributed by atoms with Gasteiger partial charge in [0.1, 0.15) is 6.61 Å². The molecule has 0 saturated heterocycles. The molecule has 0 aliphatic rings. The van der Waals surface area contributed by atoms with E-state index in [1.54, 1.807) is 12.1 Å². The van der Waals surface area contributed by atoms with Gasteiger partial charge in [-0.3, -0.25) is 0 Å². The van der Waals surface area contributed by atoms with Gasteiger partial charge in [0.25, 0.3) is 0 Å². The maximum atomic E-state index is 11.0. The molecule has 0 aliphatic heterocycles. The Kier molecular flexibility index (Phi) is 5.70. The second kappa shape index (κ2) is 7.56. The highest BCUT2D eigenvalue weighted by molar-refractivity contribution is 5.88. The monoisotopic (exact) mass is 259 g/mol. The predicted molar refractivity (Wildman–Crippen MR) is 69.8 cm³/mol. The van der Waals surface area contributed by atoms with Gasteiger partial charge in [-0.2, -0.15) is 0 Å². The lowest BCUT2D eigenvalue weighted by atomic mass is 10.1. The van der Waals surface area contributed by atoms with Crippen LogP contribution < -0.4 is 5.32 Å². The van der Waals surface area contributed by atoms with Gasteiger partial charge >= 0.3 is 12.1 Å². The Morgan fingerprint density at radius 1 is 1.47 bits per heavy atom. The minimum absolute atomic E-state index is 0.118. The van der Waals surface area contributed by atoms with Crippen molar-refractivity contribution in [3.05, 3.63) is 48.0 Å². The largest absolute Gasteiger partial charge is 0.478 e. The molecule has 1 rings (SSSR count). The van der Waals surface area contributed by atoms with Gasteiger partial charge in [0.2, 0.25) is 0 Å². The molecule has 0 atom stereocenters. The van der Waals surface area contributed by atoms with Crippen LogP contribution in [0.15, 0.2) is 36.9 Å². The van der Waals surface area contributed by atoms with Gasteiger partial charge in [-0.15, -0.1) is 0 Å². The van der Waals surface area contributed by atoms with Crippen molar-refractivity contribution in [2.75, 3.05) is 13.2 Å². The van der Waals surface area contributed by atoms with Crippen LogP contribution in [0.5, 0.6) is 0 Å². The zero-order valence-electron chi connectivity index (χ0n) is 10.2. The van der Waals surface area contributed by atoms with E-state index in [9.17, 15) is 9.59 Å². The third-order valence-corrected chi connectivity index (χ3v) is 2.00. The molecule has 0 fully saturated rings. The highest BCUT2D eigenvalue weighted by atomic mass is 16.5. The van der Waals surface area contributed by atoms with Crippen molar-refractivity contribution in [1.29, 1.82) is 0 Å². The summed E-state index contributed by atoms with van der Waals surface area (Å²) in [4.78, 5) is 21.8. The van der Waals surface area contributed by atoms with E-state index in [1.807, 2.05) is 0 Å². The van der Waals surface area contributed by atoms with Crippen LogP contribution in [-0.2, 0) is 4.74 Å². The fraction of sp³-hybridized carbons (Fsp3) is 0.143. The predicted octanol–water partition coefficient (Wildman–Crippen LogP) is 1.65. The number of carboxylic acids is 1. The summed E-state index contributed by atoms with van der Waals surface area (Å²) in [5, 5.41) is 11.2. The molecule has 0 heterocycles. The summed E-state index contributed by atoms with van der Waals surface area (Å²) in [6, 6.07) is 6.25. The lowest BCUT2D eigenvalue weighted by molar-refractivity contribution is 0.0696. The molecule has 0 aliphatic carbocycles. The summed E-state index contributed by atoms with van der Waals surface area (Å²) in [6.07, 6.45) is 0.885. The van der Waals surface area contributed by atoms with E-state index >= 15 is 0 Å². The number of rotatable bonds is 4. The third kappa shape index (κ3) is 5.41. The Bertz CT molecular complexity index is 540. The number of nitrogens with one attached hydrogen (secondary N) is 1. The first-order valence-electron chi connectivity index (χ1n) is 5.47. The number of carbonyl (C=O) groups is 2. The fourth-order valence-electron chi connectivity index (χ4n) is 1.18. The molecule has 0 saturated carbocycles. The van der Waals surface area contributed by atoms with Crippen LogP contribution in [0.25, 0.3) is 0 Å². The molecule has 0 unspecified atom stereocenters. The van der Waals surface area contributed by atoms with E-state index in [4.69, 9.17) is 5.11 Å². The molecule has 1 aromatic carbocycles. The normalized spacial score (nSPS) is 8.84. The number of ether oxygens (including phenoxy) is 1. The van der Waals surface area contributed by atoms with Gasteiger partial charge in [-0.05, 0) is 18.2 Å². The number of hydrogen-bond acceptors (Lipinski definition) is 3. The summed E-state index contributed by atoms with van der Waals surface area (Å²) in [6.45, 7) is 3.67. The van der Waals surface area contributed by atoms with Gasteiger partial charge in [0.05, 0.1) is 12.1 Å². The van der Waals surface area contributed by atoms with Crippen LogP contribution >= 0.6 is 0 Å². The molecule has 5 heteroatoms. The smallest absolute Gasteiger partial charge is 0.408 e. The first-order valence-corrected chi connectivity index (χ1v) is 5.47. The van der Waals surface area contributed by atoms with Gasteiger partial charge in [0.15, 0.2) is 0 Å². The summed E-state index contributed by atoms with van der Waals surface area (Å²) in [5.74, 6) is 4.44. The van der Waals surface area contributed by atoms with E-state index in [0.29, 0.717) is 5.56 Å². The fourth-order valence-corrected chi connectivity index (χ4v) is 1.18. The second-order valence-corrected chi connectivity index (χ2v) is 3.43. The van der Waals surface area contributed by atoms with Gasteiger partial charge in [0, 0.05) is 5.56 Å². The van der Waals surface area contributed by atoms with Crippen LogP contribution in [-0.4, -0.2) is 30.3 Å². The first kappa shape index (κ1) is 14.3. The molecule has 19 heavy (non-hydrogen) atoms. The average molecular weight is 259 g/mol. The topological polar surface area (TPSA) is 75.6 Å². The number of hydrogen-bond donors (Lipinski definition) is 2. The van der Waals surface area contributed by atoms with Crippen LogP contribution in [0.3, 0.4) is 0 Å². The van der Waals surface area contributed by atoms with Crippen LogP contribution in [0.4, 0.5) is 4.79 Å². The van der Waals surface area contributed by atoms with Gasteiger partial charge in [-0.1, -0.05) is 30.6 Å². The molecule has 1 aromatic rings. The Balaban J connectivity index is 2.50. The molecule has 2 N–H and O–H groups in total. The summed E-state index contributed by atoms with van der Waals surface area (Å²) < 4.78 is 4.68. The molecule has 0 bridgehead atoms. The molecule has 1 amide bonds. The van der Waals surface area contributed by atoms with E-state index in [2.05, 4.69) is 28.5 Å². The lowest BCUT2D eigenvalue weighted by Gasteiger charge is -2.00. The zero-order chi connectivity index (χ0) is 14.1.